The smallest absolute Gasteiger partial charge is 0.335 e. The molecule has 0 saturated heterocycles. The number of anilines is 1. The molecule has 3 aromatic rings. The molecule has 1 aliphatic rings. The van der Waals surface area contributed by atoms with Crippen molar-refractivity contribution in [2.75, 3.05) is 5.32 Å². The van der Waals surface area contributed by atoms with Crippen LogP contribution in [0.4, 0.5) is 5.69 Å². The van der Waals surface area contributed by atoms with E-state index in [0.717, 1.165) is 23.0 Å². The Bertz CT molecular complexity index is 1100. The van der Waals surface area contributed by atoms with E-state index < -0.39 is 5.97 Å². The summed E-state index contributed by atoms with van der Waals surface area (Å²) in [6.45, 7) is 10.1. The first-order valence-corrected chi connectivity index (χ1v) is 10.3. The van der Waals surface area contributed by atoms with Gasteiger partial charge in [0.1, 0.15) is 0 Å². The summed E-state index contributed by atoms with van der Waals surface area (Å²) < 4.78 is 0. The van der Waals surface area contributed by atoms with Gasteiger partial charge in [0.05, 0.1) is 5.56 Å². The summed E-state index contributed by atoms with van der Waals surface area (Å²) in [6.07, 6.45) is 2.43. The van der Waals surface area contributed by atoms with Crippen LogP contribution in [-0.4, -0.2) is 11.1 Å². The largest absolute Gasteiger partial charge is 0.478 e. The number of carboxylic acid groups (broad SMARTS) is 1. The molecule has 0 radical (unpaired) electrons. The summed E-state index contributed by atoms with van der Waals surface area (Å²) >= 11 is 0. The second kappa shape index (κ2) is 6.91. The minimum atomic E-state index is -0.892. The molecule has 0 spiro atoms. The zero-order chi connectivity index (χ0) is 20.8. The van der Waals surface area contributed by atoms with Gasteiger partial charge < -0.3 is 10.4 Å². The summed E-state index contributed by atoms with van der Waals surface area (Å²) in [6, 6.07) is 18.3. The normalized spacial score (nSPS) is 17.0. The molecular formula is C26H29NO2. The third-order valence-electron chi connectivity index (χ3n) is 6.50. The molecule has 0 saturated carbocycles. The van der Waals surface area contributed by atoms with E-state index in [9.17, 15) is 4.79 Å². The SMILES string of the molecule is CC1(C)CCC(C)(C)c2cc(NCc3ccc4cc(C(=O)O)ccc4c3)ccc21. The molecule has 0 amide bonds. The molecule has 0 atom stereocenters. The highest BCUT2D eigenvalue weighted by molar-refractivity contribution is 5.94. The zero-order valence-electron chi connectivity index (χ0n) is 17.7. The van der Waals surface area contributed by atoms with E-state index in [0.29, 0.717) is 5.56 Å². The Kier molecular flexibility index (Phi) is 4.65. The first-order chi connectivity index (χ1) is 13.7. The Balaban J connectivity index is 1.56. The number of aromatic carboxylic acids is 1. The molecule has 3 heteroatoms. The molecular weight excluding hydrogens is 358 g/mol. The molecule has 2 N–H and O–H groups in total. The van der Waals surface area contributed by atoms with Crippen LogP contribution in [0, 0.1) is 0 Å². The van der Waals surface area contributed by atoms with Gasteiger partial charge >= 0.3 is 5.97 Å². The Morgan fingerprint density at radius 1 is 0.862 bits per heavy atom. The van der Waals surface area contributed by atoms with E-state index in [-0.39, 0.29) is 10.8 Å². The van der Waals surface area contributed by atoms with E-state index in [1.807, 2.05) is 12.1 Å². The Labute approximate surface area is 172 Å². The number of hydrogen-bond acceptors (Lipinski definition) is 2. The Morgan fingerprint density at radius 2 is 1.52 bits per heavy atom. The molecule has 0 aromatic heterocycles. The van der Waals surface area contributed by atoms with Crippen molar-refractivity contribution in [1.82, 2.24) is 0 Å². The van der Waals surface area contributed by atoms with Gasteiger partial charge in [-0.05, 0) is 81.5 Å². The molecule has 0 heterocycles. The lowest BCUT2D eigenvalue weighted by Crippen LogP contribution is -2.33. The average molecular weight is 388 g/mol. The molecule has 4 rings (SSSR count). The van der Waals surface area contributed by atoms with Gasteiger partial charge in [-0.3, -0.25) is 0 Å². The lowest BCUT2D eigenvalue weighted by Gasteiger charge is -2.42. The Hall–Kier alpha value is -2.81. The second-order valence-corrected chi connectivity index (χ2v) is 9.58. The second-order valence-electron chi connectivity index (χ2n) is 9.58. The predicted molar refractivity (Wildman–Crippen MR) is 120 cm³/mol. The van der Waals surface area contributed by atoms with Gasteiger partial charge in [-0.1, -0.05) is 52.0 Å². The van der Waals surface area contributed by atoms with Gasteiger partial charge in [-0.25, -0.2) is 4.79 Å². The molecule has 29 heavy (non-hydrogen) atoms. The van der Waals surface area contributed by atoms with Crippen molar-refractivity contribution in [3.05, 3.63) is 76.9 Å². The molecule has 0 aliphatic heterocycles. The average Bonchev–Trinajstić information content (AvgIpc) is 2.69. The summed E-state index contributed by atoms with van der Waals surface area (Å²) in [5, 5.41) is 14.7. The Morgan fingerprint density at radius 3 is 2.24 bits per heavy atom. The summed E-state index contributed by atoms with van der Waals surface area (Å²) in [4.78, 5) is 11.1. The van der Waals surface area contributed by atoms with Crippen LogP contribution in [0.15, 0.2) is 54.6 Å². The van der Waals surface area contributed by atoms with Crippen molar-refractivity contribution in [2.45, 2.75) is 57.9 Å². The van der Waals surface area contributed by atoms with Crippen LogP contribution in [0.2, 0.25) is 0 Å². The molecule has 3 aromatic carbocycles. The summed E-state index contributed by atoms with van der Waals surface area (Å²) in [5.41, 5.74) is 6.01. The van der Waals surface area contributed by atoms with E-state index in [4.69, 9.17) is 5.11 Å². The van der Waals surface area contributed by atoms with Gasteiger partial charge in [0.15, 0.2) is 0 Å². The highest BCUT2D eigenvalue weighted by Crippen LogP contribution is 2.46. The van der Waals surface area contributed by atoms with Crippen LogP contribution in [0.1, 0.15) is 67.6 Å². The minimum absolute atomic E-state index is 0.202. The van der Waals surface area contributed by atoms with Gasteiger partial charge in [-0.2, -0.15) is 0 Å². The van der Waals surface area contributed by atoms with Gasteiger partial charge in [0.25, 0.3) is 0 Å². The van der Waals surface area contributed by atoms with E-state index in [1.54, 1.807) is 12.1 Å². The number of carbonyl (C=O) groups is 1. The zero-order valence-corrected chi connectivity index (χ0v) is 17.7. The third kappa shape index (κ3) is 3.74. The van der Waals surface area contributed by atoms with E-state index >= 15 is 0 Å². The molecule has 150 valence electrons. The molecule has 0 unspecified atom stereocenters. The monoisotopic (exact) mass is 387 g/mol. The summed E-state index contributed by atoms with van der Waals surface area (Å²) in [5.74, 6) is -0.892. The maximum absolute atomic E-state index is 11.1. The van der Waals surface area contributed by atoms with E-state index in [1.165, 1.54) is 29.5 Å². The first-order valence-electron chi connectivity index (χ1n) is 10.3. The topological polar surface area (TPSA) is 49.3 Å². The van der Waals surface area contributed by atoms with Crippen molar-refractivity contribution in [1.29, 1.82) is 0 Å². The highest BCUT2D eigenvalue weighted by Gasteiger charge is 2.36. The third-order valence-corrected chi connectivity index (χ3v) is 6.50. The number of nitrogens with one attached hydrogen (secondary N) is 1. The number of carboxylic acids is 1. The van der Waals surface area contributed by atoms with Gasteiger partial charge in [0, 0.05) is 12.2 Å². The fourth-order valence-corrected chi connectivity index (χ4v) is 4.44. The first kappa shape index (κ1) is 19.5. The lowest BCUT2D eigenvalue weighted by molar-refractivity contribution is 0.0697. The van der Waals surface area contributed by atoms with E-state index in [2.05, 4.69) is 63.3 Å². The summed E-state index contributed by atoms with van der Waals surface area (Å²) in [7, 11) is 0. The highest BCUT2D eigenvalue weighted by atomic mass is 16.4. The fourth-order valence-electron chi connectivity index (χ4n) is 4.44. The molecule has 0 bridgehead atoms. The molecule has 1 aliphatic carbocycles. The number of fused-ring (bicyclic) bond motifs is 2. The number of rotatable bonds is 4. The quantitative estimate of drug-likeness (QED) is 0.537. The van der Waals surface area contributed by atoms with Crippen LogP contribution >= 0.6 is 0 Å². The maximum Gasteiger partial charge on any atom is 0.335 e. The van der Waals surface area contributed by atoms with Crippen LogP contribution in [0.5, 0.6) is 0 Å². The number of hydrogen-bond donors (Lipinski definition) is 2. The maximum atomic E-state index is 11.1. The van der Waals surface area contributed by atoms with Crippen molar-refractivity contribution < 1.29 is 9.90 Å². The lowest BCUT2D eigenvalue weighted by atomic mass is 9.63. The standard InChI is InChI=1S/C26H29NO2/c1-25(2)11-12-26(3,4)23-15-21(9-10-22(23)25)27-16-17-5-6-19-14-20(24(28)29)8-7-18(19)13-17/h5-10,13-15,27H,11-12,16H2,1-4H3,(H,28,29). The van der Waals surface area contributed by atoms with Gasteiger partial charge in [0.2, 0.25) is 0 Å². The van der Waals surface area contributed by atoms with Crippen LogP contribution in [0.3, 0.4) is 0 Å². The van der Waals surface area contributed by atoms with Crippen LogP contribution in [0.25, 0.3) is 10.8 Å². The van der Waals surface area contributed by atoms with Crippen molar-refractivity contribution in [3.63, 3.8) is 0 Å². The van der Waals surface area contributed by atoms with Crippen LogP contribution < -0.4 is 5.32 Å². The number of benzene rings is 3. The minimum Gasteiger partial charge on any atom is -0.478 e. The van der Waals surface area contributed by atoms with Gasteiger partial charge in [-0.15, -0.1) is 0 Å². The van der Waals surface area contributed by atoms with Crippen molar-refractivity contribution >= 4 is 22.4 Å². The fraction of sp³-hybridized carbons (Fsp3) is 0.346. The predicted octanol–water partition coefficient (Wildman–Crippen LogP) is 6.50. The van der Waals surface area contributed by atoms with Crippen LogP contribution in [-0.2, 0) is 17.4 Å². The van der Waals surface area contributed by atoms with Crippen molar-refractivity contribution in [3.8, 4) is 0 Å². The van der Waals surface area contributed by atoms with Crippen molar-refractivity contribution in [2.24, 2.45) is 0 Å². The molecule has 3 nitrogen and oxygen atoms in total. The molecule has 0 fully saturated rings.